The second-order valence-corrected chi connectivity index (χ2v) is 7.08. The number of rotatable bonds is 17. The molecule has 31 heavy (non-hydrogen) atoms. The molecule has 0 radical (unpaired) electrons. The van der Waals surface area contributed by atoms with Gasteiger partial charge >= 0.3 is 5.97 Å². The van der Waals surface area contributed by atoms with E-state index >= 15 is 0 Å². The highest BCUT2D eigenvalue weighted by Gasteiger charge is 2.00. The first kappa shape index (κ1) is 31.1. The van der Waals surface area contributed by atoms with Crippen LogP contribution in [0.1, 0.15) is 78.6 Å². The fourth-order valence-electron chi connectivity index (χ4n) is 2.20. The van der Waals surface area contributed by atoms with Crippen LogP contribution < -0.4 is 5.32 Å². The predicted octanol–water partition coefficient (Wildman–Crippen LogP) is 6.62. The van der Waals surface area contributed by atoms with Crippen LogP contribution in [0.15, 0.2) is 72.9 Å². The van der Waals surface area contributed by atoms with Crippen LogP contribution in [-0.2, 0) is 9.53 Å². The Labute approximate surface area is 192 Å². The molecule has 0 saturated carbocycles. The molecule has 0 aromatic heterocycles. The second-order valence-electron chi connectivity index (χ2n) is 7.08. The van der Waals surface area contributed by atoms with Gasteiger partial charge in [-0.1, -0.05) is 100 Å². The number of allylic oxidation sites excluding steroid dienone is 12. The lowest BCUT2D eigenvalue weighted by molar-refractivity contribution is -0.628. The molecular formula is C28H48NO2+. The van der Waals surface area contributed by atoms with Crippen molar-refractivity contribution in [2.24, 2.45) is 0 Å². The van der Waals surface area contributed by atoms with Crippen LogP contribution in [0, 0.1) is 0 Å². The molecule has 0 bridgehead atoms. The molecule has 0 aromatic carbocycles. The molecule has 0 spiro atoms. The first-order chi connectivity index (χ1) is 15.2. The van der Waals surface area contributed by atoms with Crippen molar-refractivity contribution in [3.8, 4) is 0 Å². The number of ether oxygens (including phenoxy) is 1. The van der Waals surface area contributed by atoms with Crippen LogP contribution in [0.2, 0.25) is 0 Å². The van der Waals surface area contributed by atoms with E-state index in [1.165, 1.54) is 6.42 Å². The fourth-order valence-corrected chi connectivity index (χ4v) is 2.20. The molecule has 0 aliphatic carbocycles. The molecule has 0 heterocycles. The maximum absolute atomic E-state index is 11.4. The number of likely N-dealkylation sites (N-methyl/N-ethyl adjacent to an activating group) is 1. The van der Waals surface area contributed by atoms with E-state index in [-0.39, 0.29) is 5.97 Å². The van der Waals surface area contributed by atoms with Crippen molar-refractivity contribution in [2.45, 2.75) is 78.6 Å². The van der Waals surface area contributed by atoms with Gasteiger partial charge < -0.3 is 10.1 Å². The average Bonchev–Trinajstić information content (AvgIpc) is 2.76. The summed E-state index contributed by atoms with van der Waals surface area (Å²) in [7, 11) is 1.96. The molecule has 0 aliphatic heterocycles. The third kappa shape index (κ3) is 32.7. The van der Waals surface area contributed by atoms with Crippen LogP contribution in [0.3, 0.4) is 0 Å². The lowest BCUT2D eigenvalue weighted by Gasteiger charge is -2.00. The zero-order chi connectivity index (χ0) is 23.3. The Morgan fingerprint density at radius 2 is 1.06 bits per heavy atom. The normalized spacial score (nSPS) is 12.1. The van der Waals surface area contributed by atoms with Crippen molar-refractivity contribution in [1.29, 1.82) is 0 Å². The van der Waals surface area contributed by atoms with E-state index in [2.05, 4.69) is 87.6 Å². The van der Waals surface area contributed by atoms with Crippen LogP contribution in [0.4, 0.5) is 0 Å². The van der Waals surface area contributed by atoms with E-state index in [4.69, 9.17) is 4.74 Å². The number of nitrogens with two attached hydrogens (primary N) is 1. The molecule has 0 amide bonds. The van der Waals surface area contributed by atoms with Gasteiger partial charge in [0.1, 0.15) is 13.2 Å². The van der Waals surface area contributed by atoms with Gasteiger partial charge in [-0.05, 0) is 44.9 Å². The smallest absolute Gasteiger partial charge is 0.306 e. The molecule has 0 fully saturated rings. The molecular weight excluding hydrogens is 382 g/mol. The minimum atomic E-state index is -0.110. The topological polar surface area (TPSA) is 42.9 Å². The summed E-state index contributed by atoms with van der Waals surface area (Å²) < 4.78 is 5.08. The van der Waals surface area contributed by atoms with Crippen molar-refractivity contribution in [2.75, 3.05) is 20.2 Å². The van der Waals surface area contributed by atoms with Gasteiger partial charge in [-0.25, -0.2) is 0 Å². The Morgan fingerprint density at radius 3 is 1.45 bits per heavy atom. The van der Waals surface area contributed by atoms with E-state index in [0.717, 1.165) is 51.5 Å². The van der Waals surface area contributed by atoms with Crippen LogP contribution in [0.5, 0.6) is 0 Å². The van der Waals surface area contributed by atoms with Crippen molar-refractivity contribution >= 4 is 5.97 Å². The maximum atomic E-state index is 11.4. The molecule has 0 unspecified atom stereocenters. The number of hydrogen-bond acceptors (Lipinski definition) is 2. The number of quaternary nitrogens is 1. The molecule has 0 aliphatic rings. The molecule has 0 rings (SSSR count). The monoisotopic (exact) mass is 430 g/mol. The number of hydrogen-bond donors (Lipinski definition) is 1. The van der Waals surface area contributed by atoms with Crippen molar-refractivity contribution in [1.82, 2.24) is 0 Å². The van der Waals surface area contributed by atoms with E-state index in [0.29, 0.717) is 13.0 Å². The van der Waals surface area contributed by atoms with E-state index in [9.17, 15) is 4.79 Å². The van der Waals surface area contributed by atoms with Gasteiger partial charge in [0.15, 0.2) is 0 Å². The first-order valence-corrected chi connectivity index (χ1v) is 12.1. The highest BCUT2D eigenvalue weighted by molar-refractivity contribution is 5.69. The Hall–Kier alpha value is -2.13. The first-order valence-electron chi connectivity index (χ1n) is 12.1. The Balaban J connectivity index is 0. The Morgan fingerprint density at radius 1 is 0.677 bits per heavy atom. The van der Waals surface area contributed by atoms with Crippen molar-refractivity contribution in [3.63, 3.8) is 0 Å². The van der Waals surface area contributed by atoms with E-state index < -0.39 is 0 Å². The van der Waals surface area contributed by atoms with Gasteiger partial charge in [0, 0.05) is 6.42 Å². The summed E-state index contributed by atoms with van der Waals surface area (Å²) in [4.78, 5) is 11.4. The quantitative estimate of drug-likeness (QED) is 0.160. The largest absolute Gasteiger partial charge is 0.460 e. The minimum absolute atomic E-state index is 0.110. The molecule has 0 saturated heterocycles. The highest BCUT2D eigenvalue weighted by atomic mass is 16.5. The molecule has 3 heteroatoms. The molecule has 0 atom stereocenters. The zero-order valence-electron chi connectivity index (χ0n) is 20.6. The summed E-state index contributed by atoms with van der Waals surface area (Å²) in [6, 6.07) is 0. The summed E-state index contributed by atoms with van der Waals surface area (Å²) in [6.45, 7) is 7.73. The summed E-state index contributed by atoms with van der Waals surface area (Å²) >= 11 is 0. The molecule has 0 aromatic rings. The van der Waals surface area contributed by atoms with Crippen LogP contribution in [-0.4, -0.2) is 26.2 Å². The standard InChI is InChI=1S/C25H39NO2.C3H8/c1-3-4-5-6-7-8-9-10-11-12-13-14-15-16-17-18-19-20-21-22-25(27)28-24-23-26-2;1-3-2/h4-5,7-8,10-11,13-14,16-17,19-20,26H,3,6,9,12,15,18,21-24H2,1-2H3;3H2,1-2H3/p+1/b5-4-,8-7-,11-10-,14-13-,17-16-,20-19-;. The van der Waals surface area contributed by atoms with Gasteiger partial charge in [0.05, 0.1) is 7.05 Å². The minimum Gasteiger partial charge on any atom is -0.460 e. The number of carbonyl (C=O) groups is 1. The van der Waals surface area contributed by atoms with Crippen LogP contribution in [0.25, 0.3) is 0 Å². The summed E-state index contributed by atoms with van der Waals surface area (Å²) in [5, 5.41) is 2.00. The summed E-state index contributed by atoms with van der Waals surface area (Å²) in [5.41, 5.74) is 0. The van der Waals surface area contributed by atoms with E-state index in [1.54, 1.807) is 0 Å². The average molecular weight is 431 g/mol. The third-order valence-corrected chi connectivity index (χ3v) is 3.78. The lowest BCUT2D eigenvalue weighted by atomic mass is 10.2. The van der Waals surface area contributed by atoms with Crippen molar-refractivity contribution in [3.05, 3.63) is 72.9 Å². The SMILES string of the molecule is CC/C=C\C/C=C\C/C=C\C/C=C\C/C=C\C/C=C\CCC(=O)OCC[NH2+]C.CCC. The maximum Gasteiger partial charge on any atom is 0.306 e. The van der Waals surface area contributed by atoms with Gasteiger partial charge in [0.2, 0.25) is 0 Å². The van der Waals surface area contributed by atoms with Crippen molar-refractivity contribution < 1.29 is 14.8 Å². The number of carbonyl (C=O) groups excluding carboxylic acids is 1. The predicted molar refractivity (Wildman–Crippen MR) is 137 cm³/mol. The zero-order valence-corrected chi connectivity index (χ0v) is 20.6. The Kier molecular flexibility index (Phi) is 30.1. The summed E-state index contributed by atoms with van der Waals surface area (Å²) in [6.07, 6.45) is 34.6. The van der Waals surface area contributed by atoms with Crippen LogP contribution >= 0.6 is 0 Å². The summed E-state index contributed by atoms with van der Waals surface area (Å²) in [5.74, 6) is -0.110. The van der Waals surface area contributed by atoms with Gasteiger partial charge in [-0.15, -0.1) is 0 Å². The Bertz CT molecular complexity index is 539. The molecule has 3 nitrogen and oxygen atoms in total. The molecule has 176 valence electrons. The van der Waals surface area contributed by atoms with Gasteiger partial charge in [-0.2, -0.15) is 0 Å². The molecule has 2 N–H and O–H groups in total. The van der Waals surface area contributed by atoms with E-state index in [1.807, 2.05) is 18.4 Å². The third-order valence-electron chi connectivity index (χ3n) is 3.78. The van der Waals surface area contributed by atoms with Gasteiger partial charge in [0.25, 0.3) is 0 Å². The fraction of sp³-hybridized carbons (Fsp3) is 0.536. The highest BCUT2D eigenvalue weighted by Crippen LogP contribution is 1.98. The van der Waals surface area contributed by atoms with Gasteiger partial charge in [-0.3, -0.25) is 4.79 Å². The lowest BCUT2D eigenvalue weighted by Crippen LogP contribution is -2.80. The number of esters is 1. The second kappa shape index (κ2) is 30.1.